The molecule has 5 atom stereocenters. The Morgan fingerprint density at radius 1 is 0.674 bits per heavy atom. The highest BCUT2D eigenvalue weighted by Crippen LogP contribution is 2.72. The quantitative estimate of drug-likeness (QED) is 0.186. The Hall–Kier alpha value is -3.98. The number of fused-ring (bicyclic) bond motifs is 13. The summed E-state index contributed by atoms with van der Waals surface area (Å²) in [6, 6.07) is 34.6. The lowest BCUT2D eigenvalue weighted by atomic mass is 9.51. The van der Waals surface area contributed by atoms with Gasteiger partial charge < -0.3 is 4.74 Å². The van der Waals surface area contributed by atoms with E-state index in [-0.39, 0.29) is 28.4 Å². The predicted molar refractivity (Wildman–Crippen MR) is 173 cm³/mol. The molecule has 1 saturated heterocycles. The van der Waals surface area contributed by atoms with Crippen LogP contribution in [0.1, 0.15) is 57.4 Å². The van der Waals surface area contributed by atoms with Crippen molar-refractivity contribution in [3.63, 3.8) is 0 Å². The molecule has 3 heteroatoms. The second-order valence-corrected chi connectivity index (χ2v) is 13.8. The molecule has 5 aromatic carbocycles. The SMILES string of the molecule is C[C@]12C(=O)c3ccccc3C1=C1c3cccc4c(-c5ccccc5)c5c(c(c34)[C@@]1(C)[C@H]1COC[C@H]12)C(Cl)c1ccccc1-5. The molecule has 4 aliphatic carbocycles. The number of rotatable bonds is 1. The molecule has 5 aromatic rings. The van der Waals surface area contributed by atoms with E-state index in [1.165, 1.54) is 66.4 Å². The van der Waals surface area contributed by atoms with E-state index in [9.17, 15) is 4.79 Å². The Balaban J connectivity index is 1.44. The first-order chi connectivity index (χ1) is 21.0. The van der Waals surface area contributed by atoms with Gasteiger partial charge >= 0.3 is 0 Å². The molecular weight excluding hydrogens is 548 g/mol. The highest BCUT2D eigenvalue weighted by molar-refractivity contribution is 6.30. The van der Waals surface area contributed by atoms with Gasteiger partial charge in [-0.2, -0.15) is 0 Å². The minimum Gasteiger partial charge on any atom is -0.381 e. The Morgan fingerprint density at radius 3 is 2.09 bits per heavy atom. The smallest absolute Gasteiger partial charge is 0.174 e. The molecule has 0 N–H and O–H groups in total. The minimum atomic E-state index is -0.626. The summed E-state index contributed by atoms with van der Waals surface area (Å²) in [6.07, 6.45) is 0. The van der Waals surface area contributed by atoms with Gasteiger partial charge in [-0.15, -0.1) is 11.6 Å². The number of ether oxygens (including phenoxy) is 1. The van der Waals surface area contributed by atoms with Gasteiger partial charge in [0.15, 0.2) is 5.78 Å². The number of allylic oxidation sites excluding steroid dienone is 2. The first-order valence-electron chi connectivity index (χ1n) is 15.4. The van der Waals surface area contributed by atoms with Gasteiger partial charge in [0.2, 0.25) is 0 Å². The van der Waals surface area contributed by atoms with Gasteiger partial charge in [-0.1, -0.05) is 104 Å². The highest BCUT2D eigenvalue weighted by atomic mass is 35.5. The summed E-state index contributed by atoms with van der Waals surface area (Å²) in [5.74, 6) is 0.487. The van der Waals surface area contributed by atoms with E-state index in [1.807, 2.05) is 12.1 Å². The van der Waals surface area contributed by atoms with Gasteiger partial charge in [-0.25, -0.2) is 0 Å². The first-order valence-corrected chi connectivity index (χ1v) is 15.8. The second kappa shape index (κ2) is 7.94. The summed E-state index contributed by atoms with van der Waals surface area (Å²) < 4.78 is 6.37. The zero-order valence-corrected chi connectivity index (χ0v) is 24.8. The van der Waals surface area contributed by atoms with E-state index >= 15 is 0 Å². The van der Waals surface area contributed by atoms with Gasteiger partial charge in [0.25, 0.3) is 0 Å². The summed E-state index contributed by atoms with van der Waals surface area (Å²) in [4.78, 5) is 14.4. The number of benzene rings is 5. The standard InChI is InChI=1S/C40H29ClO2/c1-39-28-19-43-20-29(28)40(2)34(23-14-7-9-16-25(23)38(40)42)35(39)27-18-10-17-26-30(21-11-4-3-5-12-21)32-22-13-6-8-15-24(22)37(41)33(32)36(39)31(26)27/h3-18,28-29,37H,19-20H2,1-2H3/t28-,29+,37?,39-,40+/m0/s1. The zero-order valence-electron chi connectivity index (χ0n) is 24.1. The summed E-state index contributed by atoms with van der Waals surface area (Å²) in [6.45, 7) is 5.88. The molecule has 1 heterocycles. The molecule has 1 fully saturated rings. The van der Waals surface area contributed by atoms with Crippen molar-refractivity contribution in [1.29, 1.82) is 0 Å². The molecule has 1 unspecified atom stereocenters. The van der Waals surface area contributed by atoms with Crippen molar-refractivity contribution in [3.05, 3.63) is 130 Å². The average molecular weight is 577 g/mol. The van der Waals surface area contributed by atoms with E-state index in [0.29, 0.717) is 13.2 Å². The molecule has 43 heavy (non-hydrogen) atoms. The van der Waals surface area contributed by atoms with Crippen LogP contribution in [0.3, 0.4) is 0 Å². The normalized spacial score (nSPS) is 28.9. The number of halogens is 1. The van der Waals surface area contributed by atoms with Crippen molar-refractivity contribution >= 4 is 39.3 Å². The molecule has 0 amide bonds. The maximum absolute atomic E-state index is 14.4. The Labute approximate surface area is 256 Å². The van der Waals surface area contributed by atoms with Crippen molar-refractivity contribution in [2.45, 2.75) is 24.6 Å². The predicted octanol–water partition coefficient (Wildman–Crippen LogP) is 9.48. The number of hydrogen-bond donors (Lipinski definition) is 0. The van der Waals surface area contributed by atoms with Crippen LogP contribution in [-0.4, -0.2) is 19.0 Å². The van der Waals surface area contributed by atoms with Crippen LogP contribution in [0.25, 0.3) is 44.2 Å². The van der Waals surface area contributed by atoms with Crippen LogP contribution in [0.4, 0.5) is 0 Å². The third kappa shape index (κ3) is 2.59. The number of hydrogen-bond acceptors (Lipinski definition) is 2. The van der Waals surface area contributed by atoms with Crippen molar-refractivity contribution in [2.75, 3.05) is 13.2 Å². The lowest BCUT2D eigenvalue weighted by Crippen LogP contribution is -2.49. The Morgan fingerprint density at radius 2 is 1.30 bits per heavy atom. The van der Waals surface area contributed by atoms with E-state index in [4.69, 9.17) is 16.3 Å². The summed E-state index contributed by atoms with van der Waals surface area (Å²) in [5.41, 5.74) is 13.5. The van der Waals surface area contributed by atoms with Crippen molar-refractivity contribution in [3.8, 4) is 22.3 Å². The molecule has 2 nitrogen and oxygen atoms in total. The number of carbonyl (C=O) groups excluding carboxylic acids is 1. The maximum atomic E-state index is 14.4. The van der Waals surface area contributed by atoms with Crippen LogP contribution in [0.15, 0.2) is 97.1 Å². The molecule has 0 radical (unpaired) electrons. The molecule has 208 valence electrons. The van der Waals surface area contributed by atoms with Crippen molar-refractivity contribution < 1.29 is 9.53 Å². The second-order valence-electron chi connectivity index (χ2n) is 13.4. The number of ketones is 1. The Bertz CT molecular complexity index is 2140. The van der Waals surface area contributed by atoms with Crippen molar-refractivity contribution in [2.24, 2.45) is 17.3 Å². The van der Waals surface area contributed by atoms with Crippen LogP contribution in [-0.2, 0) is 10.2 Å². The molecule has 0 saturated carbocycles. The summed E-state index contributed by atoms with van der Waals surface area (Å²) >= 11 is 7.62. The fraction of sp³-hybridized carbons (Fsp3) is 0.225. The van der Waals surface area contributed by atoms with Crippen LogP contribution < -0.4 is 0 Å². The highest BCUT2D eigenvalue weighted by Gasteiger charge is 2.66. The fourth-order valence-electron chi connectivity index (χ4n) is 10.0. The number of alkyl halides is 1. The number of Topliss-reactive ketones (excluding diaryl/α,β-unsaturated/α-hetero) is 1. The lowest BCUT2D eigenvalue weighted by molar-refractivity contribution is 0.0748. The molecule has 0 spiro atoms. The van der Waals surface area contributed by atoms with Crippen LogP contribution in [0.5, 0.6) is 0 Å². The van der Waals surface area contributed by atoms with Crippen LogP contribution >= 0.6 is 11.6 Å². The summed E-state index contributed by atoms with van der Waals surface area (Å²) in [7, 11) is 0. The first kappa shape index (κ1) is 24.5. The van der Waals surface area contributed by atoms with Crippen LogP contribution in [0.2, 0.25) is 0 Å². The topological polar surface area (TPSA) is 26.3 Å². The van der Waals surface area contributed by atoms with E-state index in [2.05, 4.69) is 98.8 Å². The van der Waals surface area contributed by atoms with E-state index in [1.54, 1.807) is 0 Å². The van der Waals surface area contributed by atoms with Gasteiger partial charge in [-0.05, 0) is 78.9 Å². The zero-order chi connectivity index (χ0) is 28.8. The van der Waals surface area contributed by atoms with Gasteiger partial charge in [0.05, 0.1) is 24.0 Å². The number of carbonyl (C=O) groups is 1. The van der Waals surface area contributed by atoms with Crippen LogP contribution in [0, 0.1) is 17.3 Å². The van der Waals surface area contributed by atoms with Crippen molar-refractivity contribution in [1.82, 2.24) is 0 Å². The molecular formula is C40H29ClO2. The molecule has 0 aromatic heterocycles. The lowest BCUT2D eigenvalue weighted by Gasteiger charge is -2.50. The molecule has 5 aliphatic rings. The van der Waals surface area contributed by atoms with E-state index < -0.39 is 5.41 Å². The van der Waals surface area contributed by atoms with Gasteiger partial charge in [-0.3, -0.25) is 4.79 Å². The average Bonchev–Trinajstić information content (AvgIpc) is 3.77. The Kier molecular flexibility index (Phi) is 4.52. The third-order valence-corrected chi connectivity index (χ3v) is 12.2. The minimum absolute atomic E-state index is 0.0857. The van der Waals surface area contributed by atoms with E-state index in [0.717, 1.165) is 11.1 Å². The molecule has 0 bridgehead atoms. The fourth-order valence-corrected chi connectivity index (χ4v) is 10.4. The molecule has 10 rings (SSSR count). The largest absolute Gasteiger partial charge is 0.381 e. The third-order valence-electron chi connectivity index (χ3n) is 11.7. The maximum Gasteiger partial charge on any atom is 0.174 e. The molecule has 1 aliphatic heterocycles. The monoisotopic (exact) mass is 576 g/mol. The van der Waals surface area contributed by atoms with Gasteiger partial charge in [0.1, 0.15) is 0 Å². The summed E-state index contributed by atoms with van der Waals surface area (Å²) in [5, 5.41) is 2.31. The van der Waals surface area contributed by atoms with Gasteiger partial charge in [0, 0.05) is 22.8 Å².